The van der Waals surface area contributed by atoms with E-state index >= 15 is 0 Å². The van der Waals surface area contributed by atoms with Gasteiger partial charge in [-0.2, -0.15) is 19.3 Å². The predicted octanol–water partition coefficient (Wildman–Crippen LogP) is 4.60. The zero-order chi connectivity index (χ0) is 32.8. The molecule has 2 aliphatic rings. The average Bonchev–Trinajstić information content (AvgIpc) is 3.86. The number of halogens is 2. The van der Waals surface area contributed by atoms with E-state index in [0.29, 0.717) is 23.7 Å². The Kier molecular flexibility index (Phi) is 10.6. The Balaban J connectivity index is 1.12. The molecule has 1 aliphatic carbocycles. The second-order valence-corrected chi connectivity index (χ2v) is 12.3. The lowest BCUT2D eigenvalue weighted by Gasteiger charge is -2.28. The normalized spacial score (nSPS) is 18.7. The van der Waals surface area contributed by atoms with Crippen LogP contribution in [-0.4, -0.2) is 98.5 Å². The molecule has 0 bridgehead atoms. The van der Waals surface area contributed by atoms with Gasteiger partial charge in [0.15, 0.2) is 5.82 Å². The maximum Gasteiger partial charge on any atom is 0.342 e. The fourth-order valence-corrected chi connectivity index (χ4v) is 6.56. The third kappa shape index (κ3) is 8.06. The van der Waals surface area contributed by atoms with E-state index < -0.39 is 17.7 Å². The highest BCUT2D eigenvalue weighted by Gasteiger charge is 2.27. The molecule has 0 unspecified atom stereocenters. The molecule has 2 amide bonds. The van der Waals surface area contributed by atoms with Crippen molar-refractivity contribution in [2.75, 3.05) is 51.3 Å². The first kappa shape index (κ1) is 32.8. The van der Waals surface area contributed by atoms with E-state index in [-0.39, 0.29) is 40.9 Å². The number of pyridine rings is 1. The van der Waals surface area contributed by atoms with Crippen molar-refractivity contribution in [2.24, 2.45) is 0 Å². The van der Waals surface area contributed by atoms with Crippen LogP contribution in [-0.2, 0) is 9.47 Å². The van der Waals surface area contributed by atoms with E-state index in [9.17, 15) is 18.4 Å². The molecule has 1 saturated carbocycles. The number of carbonyl (C=O) groups excluding carboxylic acids is 2. The summed E-state index contributed by atoms with van der Waals surface area (Å²) in [5.74, 6) is -2.19. The van der Waals surface area contributed by atoms with Crippen molar-refractivity contribution in [3.63, 3.8) is 0 Å². The van der Waals surface area contributed by atoms with Gasteiger partial charge in [-0.3, -0.25) is 14.4 Å². The monoisotopic (exact) mass is 669 g/mol. The number of thiazole rings is 1. The quantitative estimate of drug-likeness (QED) is 0.173. The Hall–Kier alpha value is -4.12. The number of morpholine rings is 1. The highest BCUT2D eigenvalue weighted by molar-refractivity contribution is 7.13. The summed E-state index contributed by atoms with van der Waals surface area (Å²) in [7, 11) is 0. The molecule has 6 rings (SSSR count). The Morgan fingerprint density at radius 3 is 2.68 bits per heavy atom. The number of hydrogen-bond donors (Lipinski definition) is 2. The van der Waals surface area contributed by atoms with Gasteiger partial charge in [0.2, 0.25) is 5.95 Å². The number of carbonyl (C=O) groups is 2. The fraction of sp³-hybridized carbons (Fsp3) is 0.484. The molecular formula is C31H37F2N9O4S. The number of nitrogens with one attached hydrogen (secondary N) is 2. The number of anilines is 1. The first-order valence-electron chi connectivity index (χ1n) is 15.8. The molecule has 4 aromatic rings. The average molecular weight is 670 g/mol. The van der Waals surface area contributed by atoms with Gasteiger partial charge in [-0.1, -0.05) is 0 Å². The van der Waals surface area contributed by atoms with Crippen molar-refractivity contribution in [1.29, 1.82) is 0 Å². The molecule has 2 N–H and O–H groups in total. The largest absolute Gasteiger partial charge is 0.379 e. The van der Waals surface area contributed by atoms with Crippen LogP contribution in [0.25, 0.3) is 22.0 Å². The molecule has 250 valence electrons. The second-order valence-electron chi connectivity index (χ2n) is 11.4. The molecule has 4 aromatic heterocycles. The van der Waals surface area contributed by atoms with Crippen LogP contribution in [0.1, 0.15) is 55.6 Å². The Morgan fingerprint density at radius 1 is 1.09 bits per heavy atom. The third-order valence-electron chi connectivity index (χ3n) is 8.24. The van der Waals surface area contributed by atoms with Crippen LogP contribution < -0.4 is 10.6 Å². The highest BCUT2D eigenvalue weighted by atomic mass is 32.1. The van der Waals surface area contributed by atoms with Crippen molar-refractivity contribution in [2.45, 2.75) is 51.2 Å². The first-order valence-corrected chi connectivity index (χ1v) is 16.7. The molecule has 1 saturated heterocycles. The van der Waals surface area contributed by atoms with Crippen molar-refractivity contribution in [3.8, 4) is 22.0 Å². The number of aromatic nitrogens is 6. The van der Waals surface area contributed by atoms with Crippen LogP contribution in [0.4, 0.5) is 19.3 Å². The molecule has 5 heterocycles. The lowest BCUT2D eigenvalue weighted by atomic mass is 9.93. The molecule has 47 heavy (non-hydrogen) atoms. The maximum absolute atomic E-state index is 14.8. The molecule has 2 fully saturated rings. The fourth-order valence-electron chi connectivity index (χ4n) is 5.79. The zero-order valence-corrected chi connectivity index (χ0v) is 26.8. The summed E-state index contributed by atoms with van der Waals surface area (Å²) in [6.45, 7) is 7.26. The van der Waals surface area contributed by atoms with Crippen molar-refractivity contribution in [3.05, 3.63) is 53.6 Å². The van der Waals surface area contributed by atoms with E-state index in [1.54, 1.807) is 22.5 Å². The van der Waals surface area contributed by atoms with Crippen molar-refractivity contribution >= 4 is 29.0 Å². The van der Waals surface area contributed by atoms with Gasteiger partial charge in [-0.25, -0.2) is 19.2 Å². The SMILES string of the molecule is CCOC1CCC(n2cc(NC(=O)c3csc(-c4cnn(C(=O)NCCCN5CCOCC5)c4)n3)c(-c3nc(F)ccc3F)n2)CC1. The van der Waals surface area contributed by atoms with Gasteiger partial charge in [0.25, 0.3) is 5.91 Å². The van der Waals surface area contributed by atoms with E-state index in [4.69, 9.17) is 9.47 Å². The number of nitrogens with zero attached hydrogens (tertiary/aromatic N) is 7. The summed E-state index contributed by atoms with van der Waals surface area (Å²) in [5.41, 5.74) is 0.586. The lowest BCUT2D eigenvalue weighted by molar-refractivity contribution is 0.0260. The van der Waals surface area contributed by atoms with E-state index in [1.807, 2.05) is 6.92 Å². The summed E-state index contributed by atoms with van der Waals surface area (Å²) in [5, 5.41) is 16.4. The molecule has 1 aliphatic heterocycles. The molecule has 0 atom stereocenters. The summed E-state index contributed by atoms with van der Waals surface area (Å²) < 4.78 is 42.9. The van der Waals surface area contributed by atoms with E-state index in [1.165, 1.54) is 22.2 Å². The molecule has 0 radical (unpaired) electrons. The minimum absolute atomic E-state index is 0.00268. The number of rotatable bonds is 11. The Labute approximate surface area is 274 Å². The first-order chi connectivity index (χ1) is 22.9. The number of hydrogen-bond acceptors (Lipinski definition) is 10. The molecule has 0 aromatic carbocycles. The molecule has 16 heteroatoms. The van der Waals surface area contributed by atoms with Crippen LogP contribution in [0.5, 0.6) is 0 Å². The van der Waals surface area contributed by atoms with Gasteiger partial charge in [0, 0.05) is 49.6 Å². The minimum Gasteiger partial charge on any atom is -0.379 e. The third-order valence-corrected chi connectivity index (χ3v) is 9.13. The summed E-state index contributed by atoms with van der Waals surface area (Å²) in [4.78, 5) is 36.5. The Morgan fingerprint density at radius 2 is 1.89 bits per heavy atom. The number of amides is 2. The molecule has 13 nitrogen and oxygen atoms in total. The van der Waals surface area contributed by atoms with Crippen LogP contribution in [0, 0.1) is 11.8 Å². The summed E-state index contributed by atoms with van der Waals surface area (Å²) >= 11 is 1.21. The van der Waals surface area contributed by atoms with E-state index in [0.717, 1.165) is 77.1 Å². The van der Waals surface area contributed by atoms with Gasteiger partial charge in [0.1, 0.15) is 22.1 Å². The molecular weight excluding hydrogens is 632 g/mol. The van der Waals surface area contributed by atoms with Gasteiger partial charge in [0.05, 0.1) is 37.2 Å². The van der Waals surface area contributed by atoms with Crippen LogP contribution in [0.2, 0.25) is 0 Å². The summed E-state index contributed by atoms with van der Waals surface area (Å²) in [6, 6.07) is 1.55. The zero-order valence-electron chi connectivity index (χ0n) is 26.0. The van der Waals surface area contributed by atoms with Crippen LogP contribution in [0.15, 0.2) is 36.1 Å². The van der Waals surface area contributed by atoms with Crippen LogP contribution >= 0.6 is 11.3 Å². The number of ether oxygens (including phenoxy) is 2. The summed E-state index contributed by atoms with van der Waals surface area (Å²) in [6.07, 6.45) is 8.94. The van der Waals surface area contributed by atoms with Gasteiger partial charge in [-0.15, -0.1) is 11.3 Å². The topological polar surface area (TPSA) is 141 Å². The van der Waals surface area contributed by atoms with Crippen LogP contribution in [0.3, 0.4) is 0 Å². The lowest BCUT2D eigenvalue weighted by Crippen LogP contribution is -2.38. The van der Waals surface area contributed by atoms with Crippen molar-refractivity contribution in [1.82, 2.24) is 39.7 Å². The molecule has 0 spiro atoms. The van der Waals surface area contributed by atoms with E-state index in [2.05, 4.69) is 35.7 Å². The maximum atomic E-state index is 14.8. The highest BCUT2D eigenvalue weighted by Crippen LogP contribution is 2.34. The van der Waals surface area contributed by atoms with Gasteiger partial charge in [-0.05, 0) is 57.7 Å². The van der Waals surface area contributed by atoms with Crippen molar-refractivity contribution < 1.29 is 27.8 Å². The smallest absolute Gasteiger partial charge is 0.342 e. The van der Waals surface area contributed by atoms with Gasteiger partial charge < -0.3 is 20.1 Å². The minimum atomic E-state index is -0.864. The predicted molar refractivity (Wildman–Crippen MR) is 170 cm³/mol. The second kappa shape index (κ2) is 15.2. The van der Waals surface area contributed by atoms with Gasteiger partial charge >= 0.3 is 6.03 Å². The Bertz CT molecular complexity index is 1680. The standard InChI is InChI=1S/C31H37F2N9O4S/c1-2-46-22-6-4-21(5-7-22)41-18-24(28(39-41)27-23(32)8-9-26(33)38-27)36-29(43)25-19-47-30(37-25)20-16-35-42(17-20)31(44)34-10-3-11-40-12-14-45-15-13-40/h8-9,16-19,21-22H,2-7,10-15H2,1H3,(H,34,44)(H,36,43).